The van der Waals surface area contributed by atoms with Crippen molar-refractivity contribution in [1.29, 1.82) is 0 Å². The van der Waals surface area contributed by atoms with Gasteiger partial charge in [-0.05, 0) is 44.6 Å². The number of likely N-dealkylation sites (tertiary alicyclic amines) is 2. The minimum absolute atomic E-state index is 0.0523. The van der Waals surface area contributed by atoms with Crippen molar-refractivity contribution in [2.24, 2.45) is 5.92 Å². The lowest BCUT2D eigenvalue weighted by molar-refractivity contribution is 0.0891. The van der Waals surface area contributed by atoms with Crippen LogP contribution in [0, 0.1) is 5.92 Å². The minimum atomic E-state index is -0.185. The highest BCUT2D eigenvalue weighted by Crippen LogP contribution is 2.29. The van der Waals surface area contributed by atoms with Gasteiger partial charge in [-0.1, -0.05) is 11.6 Å². The molecule has 9 heteroatoms. The van der Waals surface area contributed by atoms with Crippen molar-refractivity contribution in [2.75, 3.05) is 52.1 Å². The van der Waals surface area contributed by atoms with Crippen LogP contribution in [0.5, 0.6) is 5.75 Å². The van der Waals surface area contributed by atoms with Gasteiger partial charge in [0.25, 0.3) is 5.91 Å². The third kappa shape index (κ3) is 6.17. The molecule has 0 aromatic heterocycles. The molecule has 0 radical (unpaired) electrons. The van der Waals surface area contributed by atoms with Gasteiger partial charge in [0, 0.05) is 51.4 Å². The van der Waals surface area contributed by atoms with Gasteiger partial charge in [-0.25, -0.2) is 4.79 Å². The number of hydrogen-bond donors (Lipinski definition) is 3. The van der Waals surface area contributed by atoms with E-state index in [2.05, 4.69) is 15.5 Å². The maximum absolute atomic E-state index is 12.7. The number of piperidine rings is 2. The van der Waals surface area contributed by atoms with Crippen LogP contribution in [0.4, 0.5) is 10.5 Å². The van der Waals surface area contributed by atoms with Gasteiger partial charge in [0.15, 0.2) is 0 Å². The van der Waals surface area contributed by atoms with Crippen molar-refractivity contribution in [3.63, 3.8) is 0 Å². The van der Waals surface area contributed by atoms with E-state index in [1.54, 1.807) is 12.1 Å². The summed E-state index contributed by atoms with van der Waals surface area (Å²) in [7, 11) is 1.51. The summed E-state index contributed by atoms with van der Waals surface area (Å²) < 4.78 is 5.29. The number of methoxy groups -OCH3 is 1. The third-order valence-corrected chi connectivity index (χ3v) is 6.56. The Hall–Kier alpha value is -2.19. The van der Waals surface area contributed by atoms with Crippen LogP contribution in [0.25, 0.3) is 0 Å². The first-order valence-corrected chi connectivity index (χ1v) is 11.5. The number of rotatable bonds is 6. The SMILES string of the molecule is CCNC(=O)N1CCC(CN2CCC(NC(=O)c3cc(Cl)c(N)cc3OC)CC2)CC1. The molecule has 2 aliphatic rings. The molecule has 1 aromatic carbocycles. The van der Waals surface area contributed by atoms with Crippen molar-refractivity contribution in [1.82, 2.24) is 20.4 Å². The predicted molar refractivity (Wildman–Crippen MR) is 123 cm³/mol. The Balaban J connectivity index is 1.43. The van der Waals surface area contributed by atoms with Crippen LogP contribution in [0.2, 0.25) is 5.02 Å². The summed E-state index contributed by atoms with van der Waals surface area (Å²) in [5.41, 5.74) is 6.60. The molecular weight excluding hydrogens is 418 g/mol. The fourth-order valence-corrected chi connectivity index (χ4v) is 4.55. The summed E-state index contributed by atoms with van der Waals surface area (Å²) in [5.74, 6) is 0.865. The van der Waals surface area contributed by atoms with E-state index in [0.29, 0.717) is 34.5 Å². The van der Waals surface area contributed by atoms with E-state index < -0.39 is 0 Å². The molecule has 2 aliphatic heterocycles. The van der Waals surface area contributed by atoms with E-state index in [-0.39, 0.29) is 18.0 Å². The number of benzene rings is 1. The number of halogens is 1. The normalized spacial score (nSPS) is 18.6. The molecule has 3 rings (SSSR count). The molecule has 0 bridgehead atoms. The molecule has 4 N–H and O–H groups in total. The first-order valence-electron chi connectivity index (χ1n) is 11.1. The molecule has 0 aliphatic carbocycles. The van der Waals surface area contributed by atoms with Crippen LogP contribution < -0.4 is 21.1 Å². The second kappa shape index (κ2) is 10.9. The van der Waals surface area contributed by atoms with Crippen molar-refractivity contribution in [2.45, 2.75) is 38.6 Å². The van der Waals surface area contributed by atoms with E-state index in [1.807, 2.05) is 11.8 Å². The van der Waals surface area contributed by atoms with E-state index in [0.717, 1.165) is 58.4 Å². The Morgan fingerprint density at radius 3 is 2.45 bits per heavy atom. The Bertz CT molecular complexity index is 775. The fraction of sp³-hybridized carbons (Fsp3) is 0.636. The maximum Gasteiger partial charge on any atom is 0.317 e. The molecule has 0 unspecified atom stereocenters. The molecule has 8 nitrogen and oxygen atoms in total. The van der Waals surface area contributed by atoms with Gasteiger partial charge < -0.3 is 30.9 Å². The van der Waals surface area contributed by atoms with Gasteiger partial charge >= 0.3 is 6.03 Å². The van der Waals surface area contributed by atoms with Crippen LogP contribution in [0.3, 0.4) is 0 Å². The van der Waals surface area contributed by atoms with Crippen molar-refractivity contribution >= 4 is 29.2 Å². The lowest BCUT2D eigenvalue weighted by atomic mass is 9.95. The molecule has 2 heterocycles. The summed E-state index contributed by atoms with van der Waals surface area (Å²) in [6.07, 6.45) is 3.92. The molecule has 2 saturated heterocycles. The Labute approximate surface area is 189 Å². The topological polar surface area (TPSA) is 99.9 Å². The second-order valence-electron chi connectivity index (χ2n) is 8.39. The second-order valence-corrected chi connectivity index (χ2v) is 8.80. The number of hydrogen-bond acceptors (Lipinski definition) is 5. The lowest BCUT2D eigenvalue weighted by Gasteiger charge is -2.37. The number of amides is 3. The number of ether oxygens (including phenoxy) is 1. The van der Waals surface area contributed by atoms with Gasteiger partial charge in [0.2, 0.25) is 0 Å². The highest BCUT2D eigenvalue weighted by Gasteiger charge is 2.27. The highest BCUT2D eigenvalue weighted by atomic mass is 35.5. The summed E-state index contributed by atoms with van der Waals surface area (Å²) >= 11 is 6.09. The smallest absolute Gasteiger partial charge is 0.317 e. The molecule has 1 aromatic rings. The number of nitrogens with one attached hydrogen (secondary N) is 2. The van der Waals surface area contributed by atoms with E-state index in [1.165, 1.54) is 7.11 Å². The standard InChI is InChI=1S/C22H34ClN5O3/c1-3-25-22(30)28-10-4-15(5-11-28)14-27-8-6-16(7-9-27)26-21(29)17-12-18(23)19(24)13-20(17)31-2/h12-13,15-16H,3-11,14,24H2,1-2H3,(H,25,30)(H,26,29). The number of nitrogens with two attached hydrogens (primary N) is 1. The van der Waals surface area contributed by atoms with Gasteiger partial charge in [-0.15, -0.1) is 0 Å². The lowest BCUT2D eigenvalue weighted by Crippen LogP contribution is -2.48. The van der Waals surface area contributed by atoms with Crippen molar-refractivity contribution in [3.8, 4) is 5.75 Å². The zero-order valence-electron chi connectivity index (χ0n) is 18.5. The van der Waals surface area contributed by atoms with Crippen LogP contribution >= 0.6 is 11.6 Å². The van der Waals surface area contributed by atoms with Gasteiger partial charge in [0.05, 0.1) is 23.4 Å². The molecular formula is C22H34ClN5O3. The van der Waals surface area contributed by atoms with Crippen LogP contribution in [-0.4, -0.2) is 74.2 Å². The van der Waals surface area contributed by atoms with Crippen molar-refractivity contribution < 1.29 is 14.3 Å². The summed E-state index contributed by atoms with van der Waals surface area (Å²) in [6, 6.07) is 3.32. The number of nitrogens with zero attached hydrogens (tertiary/aromatic N) is 2. The monoisotopic (exact) mass is 451 g/mol. The molecule has 2 fully saturated rings. The predicted octanol–water partition coefficient (Wildman–Crippen LogP) is 2.57. The number of urea groups is 1. The zero-order chi connectivity index (χ0) is 22.4. The van der Waals surface area contributed by atoms with E-state index in [4.69, 9.17) is 22.1 Å². The molecule has 0 saturated carbocycles. The molecule has 3 amide bonds. The molecule has 0 atom stereocenters. The quantitative estimate of drug-likeness (QED) is 0.577. The first kappa shape index (κ1) is 23.5. The minimum Gasteiger partial charge on any atom is -0.496 e. The number of anilines is 1. The van der Waals surface area contributed by atoms with E-state index in [9.17, 15) is 9.59 Å². The number of nitrogen functional groups attached to an aromatic ring is 1. The van der Waals surface area contributed by atoms with Gasteiger partial charge in [-0.3, -0.25) is 4.79 Å². The van der Waals surface area contributed by atoms with Crippen LogP contribution in [0.1, 0.15) is 43.0 Å². The number of carbonyl (C=O) groups is 2. The van der Waals surface area contributed by atoms with Crippen molar-refractivity contribution in [3.05, 3.63) is 22.7 Å². The van der Waals surface area contributed by atoms with Gasteiger partial charge in [0.1, 0.15) is 5.75 Å². The van der Waals surface area contributed by atoms with E-state index >= 15 is 0 Å². The van der Waals surface area contributed by atoms with Crippen LogP contribution in [0.15, 0.2) is 12.1 Å². The summed E-state index contributed by atoms with van der Waals surface area (Å²) in [6.45, 7) is 7.25. The summed E-state index contributed by atoms with van der Waals surface area (Å²) in [5, 5.41) is 6.34. The average molecular weight is 452 g/mol. The average Bonchev–Trinajstić information content (AvgIpc) is 2.77. The van der Waals surface area contributed by atoms with Crippen LogP contribution in [-0.2, 0) is 0 Å². The number of carbonyl (C=O) groups excluding carboxylic acids is 2. The fourth-order valence-electron chi connectivity index (χ4n) is 4.39. The Kier molecular flexibility index (Phi) is 8.26. The molecule has 31 heavy (non-hydrogen) atoms. The third-order valence-electron chi connectivity index (χ3n) is 6.23. The Morgan fingerprint density at radius 2 is 1.84 bits per heavy atom. The molecule has 172 valence electrons. The maximum atomic E-state index is 12.7. The largest absolute Gasteiger partial charge is 0.496 e. The molecule has 0 spiro atoms. The first-order chi connectivity index (χ1) is 14.9. The zero-order valence-corrected chi connectivity index (χ0v) is 19.2. The Morgan fingerprint density at radius 1 is 1.16 bits per heavy atom. The highest BCUT2D eigenvalue weighted by molar-refractivity contribution is 6.33. The van der Waals surface area contributed by atoms with Gasteiger partial charge in [-0.2, -0.15) is 0 Å². The summed E-state index contributed by atoms with van der Waals surface area (Å²) in [4.78, 5) is 29.1.